The van der Waals surface area contributed by atoms with Gasteiger partial charge < -0.3 is 15.0 Å². The second kappa shape index (κ2) is 10.2. The molecule has 0 spiro atoms. The fourth-order valence-electron chi connectivity index (χ4n) is 3.41. The minimum Gasteiger partial charge on any atom is -0.378 e. The largest absolute Gasteiger partial charge is 0.378 e. The van der Waals surface area contributed by atoms with Gasteiger partial charge in [-0.3, -0.25) is 4.79 Å². The van der Waals surface area contributed by atoms with E-state index in [4.69, 9.17) is 37.9 Å². The summed E-state index contributed by atoms with van der Waals surface area (Å²) >= 11 is 13.7. The Balaban J connectivity index is 1.54. The van der Waals surface area contributed by atoms with Gasteiger partial charge in [0.05, 0.1) is 41.9 Å². The van der Waals surface area contributed by atoms with Crippen LogP contribution in [0, 0.1) is 0 Å². The molecule has 170 valence electrons. The van der Waals surface area contributed by atoms with Crippen molar-refractivity contribution in [2.75, 3.05) is 37.7 Å². The Hall–Kier alpha value is -2.07. The van der Waals surface area contributed by atoms with Crippen LogP contribution in [0.4, 0.5) is 5.82 Å². The Morgan fingerprint density at radius 3 is 2.75 bits per heavy atom. The van der Waals surface area contributed by atoms with Gasteiger partial charge in [-0.05, 0) is 18.2 Å². The van der Waals surface area contributed by atoms with Crippen molar-refractivity contribution < 1.29 is 9.53 Å². The zero-order valence-electron chi connectivity index (χ0n) is 17.8. The average molecular weight is 495 g/mol. The molecule has 1 amide bonds. The SMILES string of the molecule is CC(C)Sc1nc(N2CCOCC2)c2cnn(CCNC(=O)c3ccc(Cl)cc3Cl)c2n1. The number of benzene rings is 1. The number of aromatic nitrogens is 4. The first-order valence-corrected chi connectivity index (χ1v) is 12.0. The first-order chi connectivity index (χ1) is 15.4. The second-order valence-electron chi connectivity index (χ2n) is 7.58. The van der Waals surface area contributed by atoms with E-state index in [-0.39, 0.29) is 5.91 Å². The van der Waals surface area contributed by atoms with Crippen molar-refractivity contribution in [2.24, 2.45) is 0 Å². The lowest BCUT2D eigenvalue weighted by atomic mass is 10.2. The molecule has 3 heterocycles. The third-order valence-electron chi connectivity index (χ3n) is 4.89. The minimum atomic E-state index is -0.261. The molecule has 0 unspecified atom stereocenters. The van der Waals surface area contributed by atoms with Crippen LogP contribution in [0.3, 0.4) is 0 Å². The van der Waals surface area contributed by atoms with Crippen molar-refractivity contribution in [3.8, 4) is 0 Å². The Morgan fingerprint density at radius 1 is 1.25 bits per heavy atom. The number of morpholine rings is 1. The molecule has 0 radical (unpaired) electrons. The van der Waals surface area contributed by atoms with Crippen molar-refractivity contribution in [2.45, 2.75) is 30.8 Å². The summed E-state index contributed by atoms with van der Waals surface area (Å²) in [5.41, 5.74) is 1.14. The summed E-state index contributed by atoms with van der Waals surface area (Å²) in [6, 6.07) is 4.80. The lowest BCUT2D eigenvalue weighted by molar-refractivity contribution is 0.0952. The molecule has 32 heavy (non-hydrogen) atoms. The van der Waals surface area contributed by atoms with Crippen molar-refractivity contribution in [1.29, 1.82) is 0 Å². The molecule has 0 atom stereocenters. The lowest BCUT2D eigenvalue weighted by Gasteiger charge is -2.28. The monoisotopic (exact) mass is 494 g/mol. The van der Waals surface area contributed by atoms with Crippen molar-refractivity contribution in [3.05, 3.63) is 40.0 Å². The van der Waals surface area contributed by atoms with Gasteiger partial charge in [-0.25, -0.2) is 14.6 Å². The predicted octanol–water partition coefficient (Wildman–Crippen LogP) is 3.90. The summed E-state index contributed by atoms with van der Waals surface area (Å²) in [7, 11) is 0. The summed E-state index contributed by atoms with van der Waals surface area (Å²) in [6.45, 7) is 7.96. The van der Waals surface area contributed by atoms with Crippen molar-refractivity contribution in [3.63, 3.8) is 0 Å². The Bertz CT molecular complexity index is 1120. The Labute approximate surface area is 200 Å². The van der Waals surface area contributed by atoms with E-state index >= 15 is 0 Å². The first-order valence-electron chi connectivity index (χ1n) is 10.4. The first kappa shape index (κ1) is 23.1. The van der Waals surface area contributed by atoms with Crippen LogP contribution in [-0.2, 0) is 11.3 Å². The molecule has 3 aromatic rings. The number of hydrogen-bond donors (Lipinski definition) is 1. The number of nitrogens with one attached hydrogen (secondary N) is 1. The zero-order chi connectivity index (χ0) is 22.7. The van der Waals surface area contributed by atoms with Crippen LogP contribution >= 0.6 is 35.0 Å². The third kappa shape index (κ3) is 5.28. The number of fused-ring (bicyclic) bond motifs is 1. The normalized spacial score (nSPS) is 14.3. The number of nitrogens with zero attached hydrogens (tertiary/aromatic N) is 5. The van der Waals surface area contributed by atoms with Gasteiger partial charge >= 0.3 is 0 Å². The number of carbonyl (C=O) groups is 1. The predicted molar refractivity (Wildman–Crippen MR) is 128 cm³/mol. The van der Waals surface area contributed by atoms with Crippen LogP contribution in [0.15, 0.2) is 29.6 Å². The fraction of sp³-hybridized carbons (Fsp3) is 0.429. The van der Waals surface area contributed by atoms with Gasteiger partial charge in [0.25, 0.3) is 5.91 Å². The molecule has 8 nitrogen and oxygen atoms in total. The molecule has 1 N–H and O–H groups in total. The number of hydrogen-bond acceptors (Lipinski definition) is 7. The zero-order valence-corrected chi connectivity index (χ0v) is 20.2. The maximum absolute atomic E-state index is 12.5. The van der Waals surface area contributed by atoms with E-state index in [1.54, 1.807) is 40.8 Å². The highest BCUT2D eigenvalue weighted by atomic mass is 35.5. The van der Waals surface area contributed by atoms with Crippen molar-refractivity contribution in [1.82, 2.24) is 25.1 Å². The fourth-order valence-corrected chi connectivity index (χ4v) is 4.60. The molecule has 1 aliphatic heterocycles. The van der Waals surface area contributed by atoms with Crippen LogP contribution in [0.25, 0.3) is 11.0 Å². The van der Waals surface area contributed by atoms with E-state index in [0.717, 1.165) is 29.9 Å². The smallest absolute Gasteiger partial charge is 0.252 e. The highest BCUT2D eigenvalue weighted by Gasteiger charge is 2.21. The minimum absolute atomic E-state index is 0.261. The third-order valence-corrected chi connectivity index (χ3v) is 6.30. The Morgan fingerprint density at radius 2 is 2.03 bits per heavy atom. The van der Waals surface area contributed by atoms with Crippen LogP contribution in [0.5, 0.6) is 0 Å². The Kier molecular flexibility index (Phi) is 7.40. The number of thioether (sulfide) groups is 1. The number of anilines is 1. The number of carbonyl (C=O) groups excluding carboxylic acids is 1. The quantitative estimate of drug-likeness (QED) is 0.393. The molecule has 1 aromatic carbocycles. The number of amides is 1. The van der Waals surface area contributed by atoms with Crippen LogP contribution in [0.2, 0.25) is 10.0 Å². The highest BCUT2D eigenvalue weighted by molar-refractivity contribution is 7.99. The van der Waals surface area contributed by atoms with Gasteiger partial charge in [0.1, 0.15) is 5.82 Å². The van der Waals surface area contributed by atoms with Gasteiger partial charge in [0.15, 0.2) is 10.8 Å². The molecule has 11 heteroatoms. The molecule has 0 aliphatic carbocycles. The van der Waals surface area contributed by atoms with E-state index in [1.165, 1.54) is 0 Å². The van der Waals surface area contributed by atoms with Gasteiger partial charge in [0.2, 0.25) is 0 Å². The van der Waals surface area contributed by atoms with Gasteiger partial charge in [0, 0.05) is 29.9 Å². The molecular weight excluding hydrogens is 471 g/mol. The highest BCUT2D eigenvalue weighted by Crippen LogP contribution is 2.29. The molecule has 0 bridgehead atoms. The molecule has 1 fully saturated rings. The molecule has 2 aromatic heterocycles. The second-order valence-corrected chi connectivity index (χ2v) is 9.97. The van der Waals surface area contributed by atoms with E-state index in [2.05, 4.69) is 29.2 Å². The summed E-state index contributed by atoms with van der Waals surface area (Å²) in [5, 5.41) is 10.2. The average Bonchev–Trinajstić information content (AvgIpc) is 3.16. The van der Waals surface area contributed by atoms with Gasteiger partial charge in [-0.1, -0.05) is 48.8 Å². The summed E-state index contributed by atoms with van der Waals surface area (Å²) in [4.78, 5) is 24.3. The maximum atomic E-state index is 12.5. The number of ether oxygens (including phenoxy) is 1. The summed E-state index contributed by atoms with van der Waals surface area (Å²) in [6.07, 6.45) is 1.79. The summed E-state index contributed by atoms with van der Waals surface area (Å²) < 4.78 is 7.29. The molecule has 0 saturated carbocycles. The molecule has 1 saturated heterocycles. The van der Waals surface area contributed by atoms with E-state index in [0.29, 0.717) is 52.3 Å². The van der Waals surface area contributed by atoms with E-state index < -0.39 is 0 Å². The standard InChI is InChI=1S/C21H24Cl2N6O2S/c1-13(2)32-21-26-18(28-7-9-31-10-8-28)16-12-25-29(19(16)27-21)6-5-24-20(30)15-4-3-14(22)11-17(15)23/h3-4,11-13H,5-10H2,1-2H3,(H,24,30). The summed E-state index contributed by atoms with van der Waals surface area (Å²) in [5.74, 6) is 0.618. The topological polar surface area (TPSA) is 85.2 Å². The van der Waals surface area contributed by atoms with Crippen molar-refractivity contribution >= 4 is 57.7 Å². The molecule has 1 aliphatic rings. The number of halogens is 2. The van der Waals surface area contributed by atoms with Crippen LogP contribution in [0.1, 0.15) is 24.2 Å². The number of rotatable bonds is 7. The van der Waals surface area contributed by atoms with E-state index in [1.807, 2.05) is 0 Å². The van der Waals surface area contributed by atoms with Crippen LogP contribution < -0.4 is 10.2 Å². The molecule has 4 rings (SSSR count). The van der Waals surface area contributed by atoms with E-state index in [9.17, 15) is 4.79 Å². The lowest BCUT2D eigenvalue weighted by Crippen LogP contribution is -2.37. The van der Waals surface area contributed by atoms with Crippen LogP contribution in [-0.4, -0.2) is 63.8 Å². The molecular formula is C21H24Cl2N6O2S. The van der Waals surface area contributed by atoms with Gasteiger partial charge in [-0.2, -0.15) is 5.10 Å². The van der Waals surface area contributed by atoms with Gasteiger partial charge in [-0.15, -0.1) is 0 Å². The maximum Gasteiger partial charge on any atom is 0.252 e.